The first-order chi connectivity index (χ1) is 15.2. The van der Waals surface area contributed by atoms with Crippen LogP contribution in [-0.2, 0) is 11.2 Å². The Labute approximate surface area is 179 Å². The summed E-state index contributed by atoms with van der Waals surface area (Å²) in [5, 5.41) is 0. The molecule has 3 aromatic rings. The van der Waals surface area contributed by atoms with Gasteiger partial charge in [0.1, 0.15) is 19.0 Å². The van der Waals surface area contributed by atoms with Crippen LogP contribution < -0.4 is 9.47 Å². The van der Waals surface area contributed by atoms with Gasteiger partial charge in [-0.05, 0) is 42.7 Å². The second-order valence-corrected chi connectivity index (χ2v) is 7.75. The lowest BCUT2D eigenvalue weighted by atomic mass is 10.0. The van der Waals surface area contributed by atoms with Crippen LogP contribution in [0.5, 0.6) is 11.5 Å². The monoisotopic (exact) mass is 422 g/mol. The highest BCUT2D eigenvalue weighted by atomic mass is 19.1. The number of halogens is 1. The molecule has 7 heteroatoms. The van der Waals surface area contributed by atoms with E-state index in [4.69, 9.17) is 13.9 Å². The number of carbonyl (C=O) groups is 1. The van der Waals surface area contributed by atoms with Gasteiger partial charge >= 0.3 is 0 Å². The number of oxazole rings is 1. The summed E-state index contributed by atoms with van der Waals surface area (Å²) >= 11 is 0. The van der Waals surface area contributed by atoms with Crippen LogP contribution in [0.25, 0.3) is 11.3 Å². The number of nitrogens with zero attached hydrogens (tertiary/aromatic N) is 2. The standard InChI is InChI=1S/C24H23FN2O4/c25-18-5-2-1-4-17(18)22-15-26-23(31-22)9-10-24(28)27-11-3-6-19(27)16-7-8-20-21(14-16)30-13-12-29-20/h1-2,4-5,7-8,14-15,19H,3,6,9-13H2/t19-/m0/s1. The Balaban J connectivity index is 1.25. The topological polar surface area (TPSA) is 64.8 Å². The normalized spacial score (nSPS) is 17.7. The smallest absolute Gasteiger partial charge is 0.223 e. The molecule has 2 aliphatic heterocycles. The van der Waals surface area contributed by atoms with E-state index in [2.05, 4.69) is 4.98 Å². The molecule has 1 atom stereocenters. The van der Waals surface area contributed by atoms with E-state index in [-0.39, 0.29) is 24.2 Å². The number of carbonyl (C=O) groups excluding carboxylic acids is 1. The van der Waals surface area contributed by atoms with Crippen molar-refractivity contribution in [1.29, 1.82) is 0 Å². The fourth-order valence-corrected chi connectivity index (χ4v) is 4.25. The summed E-state index contributed by atoms with van der Waals surface area (Å²) in [7, 11) is 0. The number of benzene rings is 2. The summed E-state index contributed by atoms with van der Waals surface area (Å²) < 4.78 is 30.9. The minimum Gasteiger partial charge on any atom is -0.486 e. The van der Waals surface area contributed by atoms with Crippen molar-refractivity contribution >= 4 is 5.91 Å². The van der Waals surface area contributed by atoms with E-state index >= 15 is 0 Å². The van der Waals surface area contributed by atoms with Crippen molar-refractivity contribution in [1.82, 2.24) is 9.88 Å². The molecule has 0 aliphatic carbocycles. The van der Waals surface area contributed by atoms with Crippen molar-refractivity contribution < 1.29 is 23.1 Å². The molecule has 2 aliphatic rings. The number of ether oxygens (including phenoxy) is 2. The average Bonchev–Trinajstić information content (AvgIpc) is 3.47. The second kappa shape index (κ2) is 8.41. The van der Waals surface area contributed by atoms with E-state index in [0.29, 0.717) is 36.8 Å². The number of rotatable bonds is 5. The number of hydrogen-bond acceptors (Lipinski definition) is 5. The Morgan fingerprint density at radius 2 is 1.97 bits per heavy atom. The van der Waals surface area contributed by atoms with Crippen LogP contribution in [0, 0.1) is 5.82 Å². The van der Waals surface area contributed by atoms with Gasteiger partial charge in [0.2, 0.25) is 5.91 Å². The summed E-state index contributed by atoms with van der Waals surface area (Å²) in [4.78, 5) is 19.1. The third-order valence-electron chi connectivity index (χ3n) is 5.77. The number of hydrogen-bond donors (Lipinski definition) is 0. The molecule has 2 aromatic carbocycles. The highest BCUT2D eigenvalue weighted by Crippen LogP contribution is 2.38. The van der Waals surface area contributed by atoms with Gasteiger partial charge in [-0.1, -0.05) is 18.2 Å². The molecule has 31 heavy (non-hydrogen) atoms. The van der Waals surface area contributed by atoms with Gasteiger partial charge < -0.3 is 18.8 Å². The van der Waals surface area contributed by atoms with E-state index < -0.39 is 0 Å². The maximum atomic E-state index is 13.9. The van der Waals surface area contributed by atoms with E-state index in [1.165, 1.54) is 12.3 Å². The molecule has 0 spiro atoms. The molecule has 0 radical (unpaired) electrons. The highest BCUT2D eigenvalue weighted by molar-refractivity contribution is 5.77. The van der Waals surface area contributed by atoms with Crippen LogP contribution in [0.2, 0.25) is 0 Å². The average molecular weight is 422 g/mol. The van der Waals surface area contributed by atoms with Crippen molar-refractivity contribution in [2.24, 2.45) is 0 Å². The van der Waals surface area contributed by atoms with E-state index in [9.17, 15) is 9.18 Å². The Kier molecular flexibility index (Phi) is 5.32. The molecule has 160 valence electrons. The fraction of sp³-hybridized carbons (Fsp3) is 0.333. The minimum atomic E-state index is -0.361. The van der Waals surface area contributed by atoms with E-state index in [1.54, 1.807) is 18.2 Å². The van der Waals surface area contributed by atoms with Crippen LogP contribution in [0.1, 0.15) is 36.8 Å². The van der Waals surface area contributed by atoms with Gasteiger partial charge in [-0.25, -0.2) is 9.37 Å². The van der Waals surface area contributed by atoms with Crippen LogP contribution in [0.3, 0.4) is 0 Å². The lowest BCUT2D eigenvalue weighted by molar-refractivity contribution is -0.132. The third kappa shape index (κ3) is 4.00. The number of amides is 1. The Bertz CT molecular complexity index is 1100. The van der Waals surface area contributed by atoms with Gasteiger partial charge in [0.25, 0.3) is 0 Å². The molecule has 1 amide bonds. The molecule has 1 saturated heterocycles. The highest BCUT2D eigenvalue weighted by Gasteiger charge is 2.30. The van der Waals surface area contributed by atoms with Gasteiger partial charge in [-0.15, -0.1) is 0 Å². The summed E-state index contributed by atoms with van der Waals surface area (Å²) in [5.74, 6) is 1.99. The van der Waals surface area contributed by atoms with Crippen molar-refractivity contribution in [2.75, 3.05) is 19.8 Å². The predicted octanol–water partition coefficient (Wildman–Crippen LogP) is 4.55. The molecular formula is C24H23FN2O4. The lowest BCUT2D eigenvalue weighted by Crippen LogP contribution is -2.30. The van der Waals surface area contributed by atoms with Crippen LogP contribution in [-0.4, -0.2) is 35.5 Å². The van der Waals surface area contributed by atoms with Gasteiger partial charge in [0.05, 0.1) is 17.8 Å². The SMILES string of the molecule is O=C(CCc1ncc(-c2ccccc2F)o1)N1CCC[C@H]1c1ccc2c(c1)OCCO2. The van der Waals surface area contributed by atoms with E-state index in [1.807, 2.05) is 23.1 Å². The number of aryl methyl sites for hydroxylation is 1. The quantitative estimate of drug-likeness (QED) is 0.604. The van der Waals surface area contributed by atoms with Crippen molar-refractivity contribution in [3.8, 4) is 22.8 Å². The molecule has 6 nitrogen and oxygen atoms in total. The summed E-state index contributed by atoms with van der Waals surface area (Å²) in [5.41, 5.74) is 1.43. The van der Waals surface area contributed by atoms with Crippen molar-refractivity contribution in [3.63, 3.8) is 0 Å². The van der Waals surface area contributed by atoms with E-state index in [0.717, 1.165) is 36.4 Å². The third-order valence-corrected chi connectivity index (χ3v) is 5.77. The first-order valence-electron chi connectivity index (χ1n) is 10.6. The summed E-state index contributed by atoms with van der Waals surface area (Å²) in [6, 6.07) is 12.3. The summed E-state index contributed by atoms with van der Waals surface area (Å²) in [6.07, 6.45) is 4.05. The first-order valence-corrected chi connectivity index (χ1v) is 10.6. The number of likely N-dealkylation sites (tertiary alicyclic amines) is 1. The first kappa shape index (κ1) is 19.6. The summed E-state index contributed by atoms with van der Waals surface area (Å²) in [6.45, 7) is 1.82. The lowest BCUT2D eigenvalue weighted by Gasteiger charge is -2.26. The molecule has 0 N–H and O–H groups in total. The van der Waals surface area contributed by atoms with Crippen LogP contribution in [0.4, 0.5) is 4.39 Å². The van der Waals surface area contributed by atoms with Crippen molar-refractivity contribution in [2.45, 2.75) is 31.7 Å². The minimum absolute atomic E-state index is 0.0295. The molecule has 0 unspecified atom stereocenters. The zero-order valence-corrected chi connectivity index (χ0v) is 17.1. The molecule has 0 bridgehead atoms. The molecule has 5 rings (SSSR count). The fourth-order valence-electron chi connectivity index (χ4n) is 4.25. The number of fused-ring (bicyclic) bond motifs is 1. The van der Waals surface area contributed by atoms with Gasteiger partial charge in [0.15, 0.2) is 23.1 Å². The van der Waals surface area contributed by atoms with Gasteiger partial charge in [-0.3, -0.25) is 4.79 Å². The van der Waals surface area contributed by atoms with Crippen LogP contribution in [0.15, 0.2) is 53.1 Å². The van der Waals surface area contributed by atoms with Crippen LogP contribution >= 0.6 is 0 Å². The Morgan fingerprint density at radius 1 is 1.13 bits per heavy atom. The molecule has 1 aromatic heterocycles. The zero-order valence-electron chi connectivity index (χ0n) is 17.1. The van der Waals surface area contributed by atoms with Crippen molar-refractivity contribution in [3.05, 3.63) is 65.9 Å². The second-order valence-electron chi connectivity index (χ2n) is 7.75. The Morgan fingerprint density at radius 3 is 2.84 bits per heavy atom. The Hall–Kier alpha value is -3.35. The molecule has 0 saturated carbocycles. The number of aromatic nitrogens is 1. The molecular weight excluding hydrogens is 399 g/mol. The predicted molar refractivity (Wildman–Crippen MR) is 111 cm³/mol. The van der Waals surface area contributed by atoms with Gasteiger partial charge in [-0.2, -0.15) is 0 Å². The molecule has 1 fully saturated rings. The maximum Gasteiger partial charge on any atom is 0.223 e. The zero-order chi connectivity index (χ0) is 21.2. The maximum absolute atomic E-state index is 13.9. The molecule has 3 heterocycles. The van der Waals surface area contributed by atoms with Gasteiger partial charge in [0, 0.05) is 19.4 Å². The largest absolute Gasteiger partial charge is 0.486 e.